The van der Waals surface area contributed by atoms with Gasteiger partial charge in [-0.25, -0.2) is 8.42 Å². The number of carbonyl (C=O) groups is 1. The minimum Gasteiger partial charge on any atom is -0.332 e. The van der Waals surface area contributed by atoms with Crippen molar-refractivity contribution < 1.29 is 13.2 Å². The van der Waals surface area contributed by atoms with Crippen LogP contribution in [0.3, 0.4) is 0 Å². The number of nitrogens with one attached hydrogen (secondary N) is 1. The molecule has 138 valence electrons. The van der Waals surface area contributed by atoms with E-state index in [1.807, 2.05) is 6.07 Å². The maximum atomic E-state index is 12.8. The summed E-state index contributed by atoms with van der Waals surface area (Å²) < 4.78 is 23.2. The molecule has 1 unspecified atom stereocenters. The van der Waals surface area contributed by atoms with Gasteiger partial charge in [0.05, 0.1) is 4.90 Å². The Morgan fingerprint density at radius 2 is 1.58 bits per heavy atom. The summed E-state index contributed by atoms with van der Waals surface area (Å²) in [6, 6.07) is 14.3. The highest BCUT2D eigenvalue weighted by molar-refractivity contribution is 7.92. The molecule has 26 heavy (non-hydrogen) atoms. The molecule has 9 heteroatoms. The molecule has 0 fully saturated rings. The van der Waals surface area contributed by atoms with Crippen molar-refractivity contribution >= 4 is 68.2 Å². The lowest BCUT2D eigenvalue weighted by Crippen LogP contribution is -2.48. The summed E-state index contributed by atoms with van der Waals surface area (Å²) in [7, 11) is -4.17. The molecule has 0 aliphatic carbocycles. The lowest BCUT2D eigenvalue weighted by molar-refractivity contribution is -0.116. The van der Waals surface area contributed by atoms with Gasteiger partial charge in [-0.05, 0) is 35.9 Å². The molecule has 2 rings (SSSR count). The third-order valence-corrected chi connectivity index (χ3v) is 6.57. The fraction of sp³-hybridized carbons (Fsp3) is 0.118. The highest BCUT2D eigenvalue weighted by Crippen LogP contribution is 2.36. The van der Waals surface area contributed by atoms with Gasteiger partial charge in [-0.1, -0.05) is 76.7 Å². The van der Waals surface area contributed by atoms with E-state index in [1.54, 1.807) is 24.3 Å². The number of amides is 1. The lowest BCUT2D eigenvalue weighted by Gasteiger charge is -2.25. The SMILES string of the molecule is O=C(C=Cc1ccccc1)NC(C(Cl)(Cl)Cl)S(=O)(=O)c1ccc(Cl)cc1. The molecule has 0 bridgehead atoms. The molecule has 0 heterocycles. The molecule has 2 aromatic rings. The first kappa shape index (κ1) is 21.1. The summed E-state index contributed by atoms with van der Waals surface area (Å²) in [4.78, 5) is 12.0. The Balaban J connectivity index is 2.26. The summed E-state index contributed by atoms with van der Waals surface area (Å²) in [6.07, 6.45) is 2.68. The molecule has 0 radical (unpaired) electrons. The predicted molar refractivity (Wildman–Crippen MR) is 106 cm³/mol. The zero-order chi connectivity index (χ0) is 19.4. The van der Waals surface area contributed by atoms with Crippen LogP contribution in [0.4, 0.5) is 0 Å². The molecule has 1 N–H and O–H groups in total. The van der Waals surface area contributed by atoms with E-state index in [0.717, 1.165) is 11.6 Å². The fourth-order valence-corrected chi connectivity index (χ4v) is 4.77. The van der Waals surface area contributed by atoms with Gasteiger partial charge in [0.1, 0.15) is 0 Å². The second-order valence-corrected chi connectivity index (χ2v) is 10.0. The Morgan fingerprint density at radius 3 is 2.12 bits per heavy atom. The third-order valence-electron chi connectivity index (χ3n) is 3.25. The monoisotopic (exact) mass is 451 g/mol. The van der Waals surface area contributed by atoms with Gasteiger partial charge >= 0.3 is 0 Å². The first-order chi connectivity index (χ1) is 12.1. The molecule has 1 amide bonds. The van der Waals surface area contributed by atoms with Crippen molar-refractivity contribution in [3.8, 4) is 0 Å². The van der Waals surface area contributed by atoms with Gasteiger partial charge in [-0.3, -0.25) is 4.79 Å². The van der Waals surface area contributed by atoms with E-state index >= 15 is 0 Å². The highest BCUT2D eigenvalue weighted by atomic mass is 35.6. The molecule has 4 nitrogen and oxygen atoms in total. The number of alkyl halides is 3. The van der Waals surface area contributed by atoms with E-state index in [-0.39, 0.29) is 4.90 Å². The van der Waals surface area contributed by atoms with E-state index in [9.17, 15) is 13.2 Å². The van der Waals surface area contributed by atoms with Crippen LogP contribution in [0.5, 0.6) is 0 Å². The smallest absolute Gasteiger partial charge is 0.245 e. The molecule has 0 spiro atoms. The minimum absolute atomic E-state index is 0.134. The van der Waals surface area contributed by atoms with Gasteiger partial charge in [0.25, 0.3) is 0 Å². The Hall–Kier alpha value is -1.24. The zero-order valence-electron chi connectivity index (χ0n) is 13.1. The zero-order valence-corrected chi connectivity index (χ0v) is 16.9. The summed E-state index contributed by atoms with van der Waals surface area (Å²) in [5, 5.41) is 0.806. The number of hydrogen-bond donors (Lipinski definition) is 1. The maximum Gasteiger partial charge on any atom is 0.245 e. The Bertz CT molecular complexity index is 892. The molecule has 2 aromatic carbocycles. The van der Waals surface area contributed by atoms with Crippen molar-refractivity contribution in [2.24, 2.45) is 0 Å². The van der Waals surface area contributed by atoms with Gasteiger partial charge in [0, 0.05) is 11.1 Å². The Labute approximate surface area is 171 Å². The standard InChI is InChI=1S/C17H13Cl4NO3S/c18-13-7-9-14(10-8-13)26(24,25)16(17(19,20)21)22-15(23)11-6-12-4-2-1-3-5-12/h1-11,16H,(H,22,23). The first-order valence-corrected chi connectivity index (χ1v) is 10.3. The molecule has 0 aromatic heterocycles. The summed E-state index contributed by atoms with van der Waals surface area (Å²) in [5.41, 5.74) is 0.758. The molecule has 0 saturated heterocycles. The number of carbonyl (C=O) groups excluding carboxylic acids is 1. The molecular formula is C17H13Cl4NO3S. The van der Waals surface area contributed by atoms with Crippen LogP contribution in [0.25, 0.3) is 6.08 Å². The van der Waals surface area contributed by atoms with Crippen molar-refractivity contribution in [3.63, 3.8) is 0 Å². The second kappa shape index (κ2) is 8.63. The third kappa shape index (κ3) is 5.63. The quantitative estimate of drug-likeness (QED) is 0.530. The van der Waals surface area contributed by atoms with Crippen molar-refractivity contribution in [2.75, 3.05) is 0 Å². The van der Waals surface area contributed by atoms with Crippen molar-refractivity contribution in [3.05, 3.63) is 71.3 Å². The van der Waals surface area contributed by atoms with Crippen LogP contribution in [0.1, 0.15) is 5.56 Å². The van der Waals surface area contributed by atoms with E-state index < -0.39 is 24.9 Å². The number of benzene rings is 2. The molecule has 0 aliphatic rings. The second-order valence-electron chi connectivity index (χ2n) is 5.17. The van der Waals surface area contributed by atoms with Gasteiger partial charge in [-0.2, -0.15) is 0 Å². The number of hydrogen-bond acceptors (Lipinski definition) is 3. The van der Waals surface area contributed by atoms with E-state index in [1.165, 1.54) is 30.3 Å². The maximum absolute atomic E-state index is 12.8. The van der Waals surface area contributed by atoms with Crippen molar-refractivity contribution in [1.82, 2.24) is 5.32 Å². The Kier molecular flexibility index (Phi) is 6.99. The van der Waals surface area contributed by atoms with E-state index in [4.69, 9.17) is 46.4 Å². The van der Waals surface area contributed by atoms with E-state index in [2.05, 4.69) is 5.32 Å². The fourth-order valence-electron chi connectivity index (χ4n) is 2.01. The average Bonchev–Trinajstić information content (AvgIpc) is 2.58. The lowest BCUT2D eigenvalue weighted by atomic mass is 10.2. The van der Waals surface area contributed by atoms with Crippen LogP contribution in [0.15, 0.2) is 65.6 Å². The van der Waals surface area contributed by atoms with Gasteiger partial charge < -0.3 is 5.32 Å². The molecule has 1 atom stereocenters. The van der Waals surface area contributed by atoms with Crippen LogP contribution in [-0.2, 0) is 14.6 Å². The summed E-state index contributed by atoms with van der Waals surface area (Å²) >= 11 is 23.2. The van der Waals surface area contributed by atoms with Crippen molar-refractivity contribution in [1.29, 1.82) is 0 Å². The van der Waals surface area contributed by atoms with Crippen LogP contribution >= 0.6 is 46.4 Å². The number of sulfone groups is 1. The van der Waals surface area contributed by atoms with Crippen LogP contribution in [0.2, 0.25) is 5.02 Å². The predicted octanol–water partition coefficient (Wildman–Crippen LogP) is 4.64. The van der Waals surface area contributed by atoms with Crippen LogP contribution in [-0.4, -0.2) is 23.5 Å². The average molecular weight is 453 g/mol. The van der Waals surface area contributed by atoms with Crippen LogP contribution in [0, 0.1) is 0 Å². The largest absolute Gasteiger partial charge is 0.332 e. The topological polar surface area (TPSA) is 63.2 Å². The molecule has 0 aliphatic heterocycles. The normalized spacial score (nSPS) is 13.5. The number of halogens is 4. The highest BCUT2D eigenvalue weighted by Gasteiger charge is 2.44. The van der Waals surface area contributed by atoms with Crippen LogP contribution < -0.4 is 5.32 Å². The minimum atomic E-state index is -4.17. The number of rotatable bonds is 5. The molecular weight excluding hydrogens is 440 g/mol. The Morgan fingerprint density at radius 1 is 1.00 bits per heavy atom. The van der Waals surface area contributed by atoms with Crippen molar-refractivity contribution in [2.45, 2.75) is 14.1 Å². The van der Waals surface area contributed by atoms with Gasteiger partial charge in [0.2, 0.25) is 19.5 Å². The van der Waals surface area contributed by atoms with Gasteiger partial charge in [-0.15, -0.1) is 0 Å². The summed E-state index contributed by atoms with van der Waals surface area (Å²) in [5.74, 6) is -0.720. The van der Waals surface area contributed by atoms with Gasteiger partial charge in [0.15, 0.2) is 5.37 Å². The first-order valence-electron chi connectivity index (χ1n) is 7.20. The van der Waals surface area contributed by atoms with E-state index in [0.29, 0.717) is 5.02 Å². The molecule has 0 saturated carbocycles. The summed E-state index contributed by atoms with van der Waals surface area (Å²) in [6.45, 7) is 0.